The maximum atomic E-state index is 14.0. The van der Waals surface area contributed by atoms with Crippen molar-refractivity contribution in [1.29, 1.82) is 0 Å². The van der Waals surface area contributed by atoms with Crippen LogP contribution < -0.4 is 9.47 Å². The Morgan fingerprint density at radius 3 is 2.65 bits per heavy atom. The van der Waals surface area contributed by atoms with Crippen molar-refractivity contribution in [3.05, 3.63) is 63.6 Å². The number of fused-ring (bicyclic) bond motifs is 1. The van der Waals surface area contributed by atoms with Crippen molar-refractivity contribution in [1.82, 2.24) is 0 Å². The average molecular weight is 375 g/mol. The average Bonchev–Trinajstić information content (AvgIpc) is 2.90. The summed E-state index contributed by atoms with van der Waals surface area (Å²) in [4.78, 5) is 24.4. The van der Waals surface area contributed by atoms with Crippen LogP contribution in [0.1, 0.15) is 35.3 Å². The molecule has 0 fully saturated rings. The molecular formula is C20H16ClFO4. The largest absolute Gasteiger partial charge is 0.452 e. The standard InChI is InChI=1S/C20H16ClFO4/c1-10(2)20(24)26-16-8-7-12-18(23)17(25-19(12)11(16)3)9-13-14(21)5-4-6-15(13)22/h4-10H,1-3H3/b17-9-. The lowest BCUT2D eigenvalue weighted by atomic mass is 10.1. The van der Waals surface area contributed by atoms with E-state index in [1.807, 2.05) is 0 Å². The van der Waals surface area contributed by atoms with Gasteiger partial charge in [0.2, 0.25) is 5.78 Å². The van der Waals surface area contributed by atoms with Crippen LogP contribution in [0.25, 0.3) is 6.08 Å². The molecule has 0 spiro atoms. The lowest BCUT2D eigenvalue weighted by molar-refractivity contribution is -0.137. The molecule has 0 aliphatic carbocycles. The van der Waals surface area contributed by atoms with Crippen LogP contribution in [0.3, 0.4) is 0 Å². The van der Waals surface area contributed by atoms with Crippen LogP contribution in [0.5, 0.6) is 11.5 Å². The molecule has 134 valence electrons. The third kappa shape index (κ3) is 3.22. The zero-order valence-corrected chi connectivity index (χ0v) is 15.2. The Morgan fingerprint density at radius 1 is 1.27 bits per heavy atom. The van der Waals surface area contributed by atoms with Crippen molar-refractivity contribution in [2.45, 2.75) is 20.8 Å². The molecule has 0 saturated heterocycles. The van der Waals surface area contributed by atoms with Crippen molar-refractivity contribution in [2.75, 3.05) is 0 Å². The summed E-state index contributed by atoms with van der Waals surface area (Å²) >= 11 is 6.00. The number of halogens is 2. The molecule has 0 atom stereocenters. The molecule has 4 nitrogen and oxygen atoms in total. The Labute approximate surface area is 155 Å². The highest BCUT2D eigenvalue weighted by molar-refractivity contribution is 6.32. The van der Waals surface area contributed by atoms with Gasteiger partial charge < -0.3 is 9.47 Å². The third-order valence-corrected chi connectivity index (χ3v) is 4.32. The number of rotatable bonds is 3. The van der Waals surface area contributed by atoms with E-state index in [1.165, 1.54) is 30.3 Å². The highest BCUT2D eigenvalue weighted by atomic mass is 35.5. The highest BCUT2D eigenvalue weighted by Gasteiger charge is 2.31. The minimum Gasteiger partial charge on any atom is -0.452 e. The second-order valence-corrected chi connectivity index (χ2v) is 6.62. The van der Waals surface area contributed by atoms with Crippen molar-refractivity contribution in [2.24, 2.45) is 5.92 Å². The summed E-state index contributed by atoms with van der Waals surface area (Å²) in [5.74, 6) is -1.04. The fourth-order valence-corrected chi connectivity index (χ4v) is 2.70. The van der Waals surface area contributed by atoms with Gasteiger partial charge in [-0.05, 0) is 37.3 Å². The minimum absolute atomic E-state index is 0.0394. The van der Waals surface area contributed by atoms with E-state index < -0.39 is 5.82 Å². The van der Waals surface area contributed by atoms with E-state index in [4.69, 9.17) is 21.1 Å². The van der Waals surface area contributed by atoms with Gasteiger partial charge in [-0.2, -0.15) is 0 Å². The Hall–Kier alpha value is -2.66. The van der Waals surface area contributed by atoms with Crippen LogP contribution in [0, 0.1) is 18.7 Å². The summed E-state index contributed by atoms with van der Waals surface area (Å²) in [6.07, 6.45) is 1.28. The van der Waals surface area contributed by atoms with Crippen LogP contribution in [-0.4, -0.2) is 11.8 Å². The van der Waals surface area contributed by atoms with E-state index in [9.17, 15) is 14.0 Å². The Balaban J connectivity index is 1.98. The molecule has 0 saturated carbocycles. The van der Waals surface area contributed by atoms with Gasteiger partial charge in [-0.25, -0.2) is 4.39 Å². The molecule has 1 aliphatic heterocycles. The lowest BCUT2D eigenvalue weighted by Crippen LogP contribution is -2.15. The zero-order valence-electron chi connectivity index (χ0n) is 14.4. The van der Waals surface area contributed by atoms with Crippen LogP contribution in [0.15, 0.2) is 36.1 Å². The van der Waals surface area contributed by atoms with Gasteiger partial charge in [0, 0.05) is 11.1 Å². The van der Waals surface area contributed by atoms with Crippen molar-refractivity contribution < 1.29 is 23.5 Å². The first kappa shape index (κ1) is 18.1. The number of carbonyl (C=O) groups is 2. The molecule has 3 rings (SSSR count). The van der Waals surface area contributed by atoms with Gasteiger partial charge in [0.1, 0.15) is 17.3 Å². The number of ketones is 1. The minimum atomic E-state index is -0.555. The van der Waals surface area contributed by atoms with Gasteiger partial charge >= 0.3 is 5.97 Å². The Kier molecular flexibility index (Phi) is 4.83. The number of ether oxygens (including phenoxy) is 2. The quantitative estimate of drug-likeness (QED) is 0.432. The predicted octanol–water partition coefficient (Wildman–Crippen LogP) is 4.97. The molecule has 2 aromatic carbocycles. The van der Waals surface area contributed by atoms with Gasteiger partial charge in [-0.3, -0.25) is 9.59 Å². The Bertz CT molecular complexity index is 927. The smallest absolute Gasteiger partial charge is 0.313 e. The molecule has 0 bridgehead atoms. The summed E-state index contributed by atoms with van der Waals surface area (Å²) in [6.45, 7) is 5.14. The predicted molar refractivity (Wildman–Crippen MR) is 96.0 cm³/mol. The molecular weight excluding hydrogens is 359 g/mol. The summed E-state index contributed by atoms with van der Waals surface area (Å²) in [7, 11) is 0. The Morgan fingerprint density at radius 2 is 2.00 bits per heavy atom. The zero-order chi connectivity index (χ0) is 19.0. The van der Waals surface area contributed by atoms with E-state index in [0.29, 0.717) is 22.6 Å². The number of hydrogen-bond donors (Lipinski definition) is 0. The number of Topliss-reactive ketones (excluding diaryl/α,β-unsaturated/α-hetero) is 1. The van der Waals surface area contributed by atoms with Crippen molar-refractivity contribution in [3.63, 3.8) is 0 Å². The number of carbonyl (C=O) groups excluding carboxylic acids is 2. The molecule has 0 unspecified atom stereocenters. The van der Waals surface area contributed by atoms with E-state index in [2.05, 4.69) is 0 Å². The third-order valence-electron chi connectivity index (χ3n) is 3.99. The van der Waals surface area contributed by atoms with Crippen molar-refractivity contribution >= 4 is 29.4 Å². The molecule has 1 aliphatic rings. The summed E-state index contributed by atoms with van der Waals surface area (Å²) in [5, 5.41) is 0.174. The normalized spacial score (nSPS) is 14.5. The van der Waals surface area contributed by atoms with Gasteiger partial charge in [-0.1, -0.05) is 31.5 Å². The highest BCUT2D eigenvalue weighted by Crippen LogP contribution is 2.40. The van der Waals surface area contributed by atoms with Crippen LogP contribution in [0.4, 0.5) is 4.39 Å². The fraction of sp³-hybridized carbons (Fsp3) is 0.200. The van der Waals surface area contributed by atoms with Gasteiger partial charge in [0.05, 0.1) is 16.5 Å². The van der Waals surface area contributed by atoms with Crippen LogP contribution >= 0.6 is 11.6 Å². The molecule has 26 heavy (non-hydrogen) atoms. The first-order valence-corrected chi connectivity index (χ1v) is 8.41. The van der Waals surface area contributed by atoms with Crippen LogP contribution in [0.2, 0.25) is 5.02 Å². The van der Waals surface area contributed by atoms with Gasteiger partial charge in [0.25, 0.3) is 0 Å². The second-order valence-electron chi connectivity index (χ2n) is 6.22. The maximum Gasteiger partial charge on any atom is 0.313 e. The molecule has 0 aromatic heterocycles. The molecule has 0 amide bonds. The number of allylic oxidation sites excluding steroid dienone is 1. The SMILES string of the molecule is Cc1c(OC(=O)C(C)C)ccc2c1O/C(=C\c1c(F)cccc1Cl)C2=O. The fourth-order valence-electron chi connectivity index (χ4n) is 2.48. The summed E-state index contributed by atoms with van der Waals surface area (Å²) in [5.41, 5.74) is 0.924. The molecule has 0 radical (unpaired) electrons. The van der Waals surface area contributed by atoms with E-state index >= 15 is 0 Å². The molecule has 6 heteroatoms. The molecule has 1 heterocycles. The van der Waals surface area contributed by atoms with E-state index in [1.54, 1.807) is 26.8 Å². The molecule has 0 N–H and O–H groups in total. The second kappa shape index (κ2) is 6.92. The maximum absolute atomic E-state index is 14.0. The lowest BCUT2D eigenvalue weighted by Gasteiger charge is -2.11. The number of hydrogen-bond acceptors (Lipinski definition) is 4. The first-order valence-electron chi connectivity index (χ1n) is 8.03. The van der Waals surface area contributed by atoms with Crippen molar-refractivity contribution in [3.8, 4) is 11.5 Å². The van der Waals surface area contributed by atoms with E-state index in [-0.39, 0.29) is 34.0 Å². The summed E-state index contributed by atoms with van der Waals surface area (Å²) in [6, 6.07) is 7.33. The number of esters is 1. The molecule has 2 aromatic rings. The number of benzene rings is 2. The van der Waals surface area contributed by atoms with E-state index in [0.717, 1.165) is 0 Å². The monoisotopic (exact) mass is 374 g/mol. The first-order chi connectivity index (χ1) is 12.3. The topological polar surface area (TPSA) is 52.6 Å². The summed E-state index contributed by atoms with van der Waals surface area (Å²) < 4.78 is 24.9. The van der Waals surface area contributed by atoms with Crippen LogP contribution in [-0.2, 0) is 4.79 Å². The van der Waals surface area contributed by atoms with Gasteiger partial charge in [-0.15, -0.1) is 0 Å². The van der Waals surface area contributed by atoms with Gasteiger partial charge in [0.15, 0.2) is 5.76 Å².